The van der Waals surface area contributed by atoms with Gasteiger partial charge in [0.1, 0.15) is 11.6 Å². The Morgan fingerprint density at radius 3 is 2.44 bits per heavy atom. The number of benzene rings is 2. The summed E-state index contributed by atoms with van der Waals surface area (Å²) in [6.07, 6.45) is 0. The van der Waals surface area contributed by atoms with E-state index in [1.165, 1.54) is 11.1 Å². The number of nitrogens with zero attached hydrogens (tertiary/aromatic N) is 3. The van der Waals surface area contributed by atoms with Crippen molar-refractivity contribution in [1.82, 2.24) is 9.88 Å². The Morgan fingerprint density at radius 2 is 1.74 bits per heavy atom. The zero-order chi connectivity index (χ0) is 18.8. The predicted octanol–water partition coefficient (Wildman–Crippen LogP) is 4.53. The number of hydrogen-bond acceptors (Lipinski definition) is 4. The second-order valence-electron chi connectivity index (χ2n) is 7.07. The summed E-state index contributed by atoms with van der Waals surface area (Å²) in [5.74, 6) is 1.94. The number of piperazine rings is 1. The van der Waals surface area contributed by atoms with Crippen LogP contribution in [0, 0.1) is 6.92 Å². The van der Waals surface area contributed by atoms with Crippen LogP contribution in [0.25, 0.3) is 10.9 Å². The van der Waals surface area contributed by atoms with E-state index in [0.717, 1.165) is 60.2 Å². The molecule has 0 bridgehead atoms. The van der Waals surface area contributed by atoms with E-state index in [2.05, 4.69) is 41.0 Å². The Morgan fingerprint density at radius 1 is 1.00 bits per heavy atom. The summed E-state index contributed by atoms with van der Waals surface area (Å²) in [7, 11) is 1.70. The molecule has 0 saturated carbocycles. The molecule has 1 aliphatic heterocycles. The number of aromatic nitrogens is 1. The van der Waals surface area contributed by atoms with Crippen LogP contribution in [-0.4, -0.2) is 43.2 Å². The number of halogens is 1. The van der Waals surface area contributed by atoms with Crippen molar-refractivity contribution in [3.05, 3.63) is 64.7 Å². The number of rotatable bonds is 4. The van der Waals surface area contributed by atoms with Crippen LogP contribution in [-0.2, 0) is 6.54 Å². The van der Waals surface area contributed by atoms with Crippen LogP contribution in [0.1, 0.15) is 11.1 Å². The van der Waals surface area contributed by atoms with E-state index >= 15 is 0 Å². The van der Waals surface area contributed by atoms with Gasteiger partial charge in [0.2, 0.25) is 0 Å². The van der Waals surface area contributed by atoms with Crippen molar-refractivity contribution < 1.29 is 4.74 Å². The van der Waals surface area contributed by atoms with Gasteiger partial charge in [-0.05, 0) is 54.4 Å². The molecule has 140 valence electrons. The number of fused-ring (bicyclic) bond motifs is 1. The topological polar surface area (TPSA) is 28.6 Å². The summed E-state index contributed by atoms with van der Waals surface area (Å²) < 4.78 is 5.34. The van der Waals surface area contributed by atoms with Crippen LogP contribution in [0.15, 0.2) is 48.5 Å². The molecule has 0 unspecified atom stereocenters. The van der Waals surface area contributed by atoms with Gasteiger partial charge < -0.3 is 9.64 Å². The zero-order valence-corrected chi connectivity index (χ0v) is 16.5. The molecule has 2 heterocycles. The van der Waals surface area contributed by atoms with Crippen molar-refractivity contribution >= 4 is 28.3 Å². The maximum Gasteiger partial charge on any atom is 0.129 e. The molecule has 0 atom stereocenters. The van der Waals surface area contributed by atoms with E-state index in [1.54, 1.807) is 7.11 Å². The third kappa shape index (κ3) is 4.02. The second kappa shape index (κ2) is 7.75. The van der Waals surface area contributed by atoms with Gasteiger partial charge in [-0.25, -0.2) is 4.98 Å². The molecule has 4 rings (SSSR count). The number of anilines is 1. The van der Waals surface area contributed by atoms with E-state index in [9.17, 15) is 0 Å². The summed E-state index contributed by atoms with van der Waals surface area (Å²) in [5, 5.41) is 1.94. The van der Waals surface area contributed by atoms with E-state index in [0.29, 0.717) is 0 Å². The van der Waals surface area contributed by atoms with Crippen LogP contribution in [0.4, 0.5) is 5.82 Å². The van der Waals surface area contributed by atoms with Gasteiger partial charge in [0.05, 0.1) is 12.6 Å². The molecule has 0 amide bonds. The average Bonchev–Trinajstić information content (AvgIpc) is 2.70. The number of hydrogen-bond donors (Lipinski definition) is 0. The molecule has 0 spiro atoms. The van der Waals surface area contributed by atoms with Gasteiger partial charge in [-0.2, -0.15) is 0 Å². The predicted molar refractivity (Wildman–Crippen MR) is 112 cm³/mol. The lowest BCUT2D eigenvalue weighted by Gasteiger charge is -2.35. The first-order valence-corrected chi connectivity index (χ1v) is 9.67. The molecule has 2 aromatic carbocycles. The van der Waals surface area contributed by atoms with Gasteiger partial charge >= 0.3 is 0 Å². The Kier molecular flexibility index (Phi) is 5.19. The van der Waals surface area contributed by atoms with Gasteiger partial charge in [0.15, 0.2) is 0 Å². The lowest BCUT2D eigenvalue weighted by atomic mass is 10.1. The Balaban J connectivity index is 1.45. The molecule has 0 aliphatic carbocycles. The van der Waals surface area contributed by atoms with Crippen molar-refractivity contribution in [3.8, 4) is 5.75 Å². The van der Waals surface area contributed by atoms with E-state index < -0.39 is 0 Å². The Hall–Kier alpha value is -2.30. The molecule has 4 nitrogen and oxygen atoms in total. The fourth-order valence-electron chi connectivity index (χ4n) is 3.63. The van der Waals surface area contributed by atoms with Crippen molar-refractivity contribution in [2.75, 3.05) is 38.2 Å². The number of methoxy groups -OCH3 is 1. The molecule has 5 heteroatoms. The highest BCUT2D eigenvalue weighted by Gasteiger charge is 2.19. The fourth-order valence-corrected chi connectivity index (χ4v) is 3.75. The number of ether oxygens (including phenoxy) is 1. The summed E-state index contributed by atoms with van der Waals surface area (Å²) >= 11 is 5.98. The van der Waals surface area contributed by atoms with E-state index in [4.69, 9.17) is 21.3 Å². The molecule has 1 saturated heterocycles. The highest BCUT2D eigenvalue weighted by Crippen LogP contribution is 2.26. The maximum atomic E-state index is 5.98. The van der Waals surface area contributed by atoms with Gasteiger partial charge in [0.25, 0.3) is 0 Å². The van der Waals surface area contributed by atoms with Crippen LogP contribution in [0.5, 0.6) is 5.75 Å². The summed E-state index contributed by atoms with van der Waals surface area (Å²) in [6, 6.07) is 16.4. The molecule has 27 heavy (non-hydrogen) atoms. The molecular formula is C22H24ClN3O. The van der Waals surface area contributed by atoms with Crippen molar-refractivity contribution in [3.63, 3.8) is 0 Å². The SMILES string of the molecule is COc1ccc2nc(N3CCN(Cc4ccc(Cl)cc4)CC3)cc(C)c2c1. The highest BCUT2D eigenvalue weighted by molar-refractivity contribution is 6.30. The number of pyridine rings is 1. The van der Waals surface area contributed by atoms with Gasteiger partial charge in [-0.15, -0.1) is 0 Å². The molecular weight excluding hydrogens is 358 g/mol. The normalized spacial score (nSPS) is 15.3. The minimum atomic E-state index is 0.791. The minimum Gasteiger partial charge on any atom is -0.497 e. The molecule has 0 radical (unpaired) electrons. The maximum absolute atomic E-state index is 5.98. The monoisotopic (exact) mass is 381 g/mol. The van der Waals surface area contributed by atoms with Crippen molar-refractivity contribution in [2.24, 2.45) is 0 Å². The first-order valence-electron chi connectivity index (χ1n) is 9.29. The standard InChI is InChI=1S/C22H24ClN3O/c1-16-13-22(24-21-8-7-19(27-2)14-20(16)21)26-11-9-25(10-12-26)15-17-3-5-18(23)6-4-17/h3-8,13-14H,9-12,15H2,1-2H3. The molecule has 1 fully saturated rings. The first kappa shape index (κ1) is 18.1. The zero-order valence-electron chi connectivity index (χ0n) is 15.8. The smallest absolute Gasteiger partial charge is 0.129 e. The largest absolute Gasteiger partial charge is 0.497 e. The van der Waals surface area contributed by atoms with Gasteiger partial charge in [0, 0.05) is 43.1 Å². The van der Waals surface area contributed by atoms with Crippen LogP contribution < -0.4 is 9.64 Å². The Bertz CT molecular complexity index is 934. The minimum absolute atomic E-state index is 0.791. The lowest BCUT2D eigenvalue weighted by Crippen LogP contribution is -2.46. The summed E-state index contributed by atoms with van der Waals surface area (Å²) in [4.78, 5) is 9.76. The highest BCUT2D eigenvalue weighted by atomic mass is 35.5. The second-order valence-corrected chi connectivity index (χ2v) is 7.51. The first-order chi connectivity index (χ1) is 13.1. The van der Waals surface area contributed by atoms with Crippen molar-refractivity contribution in [2.45, 2.75) is 13.5 Å². The fraction of sp³-hybridized carbons (Fsp3) is 0.318. The lowest BCUT2D eigenvalue weighted by molar-refractivity contribution is 0.249. The van der Waals surface area contributed by atoms with Crippen LogP contribution in [0.3, 0.4) is 0 Å². The number of aryl methyl sites for hydroxylation is 1. The van der Waals surface area contributed by atoms with Crippen molar-refractivity contribution in [1.29, 1.82) is 0 Å². The van der Waals surface area contributed by atoms with Crippen LogP contribution in [0.2, 0.25) is 5.02 Å². The van der Waals surface area contributed by atoms with Gasteiger partial charge in [-0.3, -0.25) is 4.90 Å². The van der Waals surface area contributed by atoms with Gasteiger partial charge in [-0.1, -0.05) is 23.7 Å². The summed E-state index contributed by atoms with van der Waals surface area (Å²) in [5.41, 5.74) is 3.56. The average molecular weight is 382 g/mol. The molecule has 3 aromatic rings. The molecule has 0 N–H and O–H groups in total. The summed E-state index contributed by atoms with van der Waals surface area (Å²) in [6.45, 7) is 7.15. The third-order valence-corrected chi connectivity index (χ3v) is 5.48. The van der Waals surface area contributed by atoms with E-state index in [1.807, 2.05) is 24.3 Å². The Labute approximate surface area is 165 Å². The molecule has 1 aromatic heterocycles. The molecule has 1 aliphatic rings. The quantitative estimate of drug-likeness (QED) is 0.664. The third-order valence-electron chi connectivity index (χ3n) is 5.22. The van der Waals surface area contributed by atoms with E-state index in [-0.39, 0.29) is 0 Å². The van der Waals surface area contributed by atoms with Crippen LogP contribution >= 0.6 is 11.6 Å².